The number of benzene rings is 1. The minimum absolute atomic E-state index is 0.0126. The molecule has 0 saturated heterocycles. The topological polar surface area (TPSA) is 59.3 Å². The number of aryl methyl sites for hydroxylation is 1. The number of hydrogen-bond acceptors (Lipinski definition) is 3. The fraction of sp³-hybridized carbons (Fsp3) is 0.478. The molecular weight excluding hydrogens is 338 g/mol. The minimum Gasteiger partial charge on any atom is -0.463 e. The minimum atomic E-state index is -0.0983. The largest absolute Gasteiger partial charge is 0.463 e. The van der Waals surface area contributed by atoms with E-state index in [2.05, 4.69) is 5.32 Å². The van der Waals surface area contributed by atoms with E-state index in [1.807, 2.05) is 19.1 Å². The van der Waals surface area contributed by atoms with Gasteiger partial charge < -0.3 is 9.73 Å². The fourth-order valence-electron chi connectivity index (χ4n) is 6.11. The molecule has 1 aromatic heterocycles. The molecule has 2 aromatic rings. The van der Waals surface area contributed by atoms with Gasteiger partial charge in [0, 0.05) is 11.6 Å². The maximum atomic E-state index is 12.7. The van der Waals surface area contributed by atoms with Gasteiger partial charge in [0.25, 0.3) is 0 Å². The van der Waals surface area contributed by atoms with Gasteiger partial charge in [0.15, 0.2) is 5.43 Å². The molecule has 6 rings (SSSR count). The van der Waals surface area contributed by atoms with Crippen molar-refractivity contribution in [2.24, 2.45) is 17.8 Å². The molecule has 0 unspecified atom stereocenters. The van der Waals surface area contributed by atoms with Gasteiger partial charge in [-0.1, -0.05) is 11.6 Å². The zero-order valence-electron chi connectivity index (χ0n) is 15.7. The lowest BCUT2D eigenvalue weighted by Crippen LogP contribution is -2.59. The molecule has 27 heavy (non-hydrogen) atoms. The van der Waals surface area contributed by atoms with Crippen LogP contribution >= 0.6 is 0 Å². The zero-order chi connectivity index (χ0) is 18.6. The van der Waals surface area contributed by atoms with Crippen LogP contribution in [0.3, 0.4) is 0 Å². The van der Waals surface area contributed by atoms with Crippen LogP contribution in [0.15, 0.2) is 39.7 Å². The van der Waals surface area contributed by atoms with Crippen molar-refractivity contribution < 1.29 is 9.21 Å². The molecular formula is C23H25NO3. The first-order valence-corrected chi connectivity index (χ1v) is 10.0. The number of fused-ring (bicyclic) bond motifs is 1. The third-order valence-corrected chi connectivity index (χ3v) is 6.80. The van der Waals surface area contributed by atoms with Crippen LogP contribution < -0.4 is 10.7 Å². The van der Waals surface area contributed by atoms with Crippen molar-refractivity contribution in [3.8, 4) is 0 Å². The first-order valence-electron chi connectivity index (χ1n) is 10.0. The number of hydrogen-bond donors (Lipinski definition) is 1. The second-order valence-electron chi connectivity index (χ2n) is 9.04. The normalized spacial score (nSPS) is 31.7. The molecule has 0 radical (unpaired) electrons. The summed E-state index contributed by atoms with van der Waals surface area (Å²) < 4.78 is 5.56. The average molecular weight is 363 g/mol. The maximum absolute atomic E-state index is 12.7. The summed E-state index contributed by atoms with van der Waals surface area (Å²) in [6, 6.07) is 5.55. The lowest BCUT2D eigenvalue weighted by Gasteiger charge is -2.56. The van der Waals surface area contributed by atoms with E-state index >= 15 is 0 Å². The highest BCUT2D eigenvalue weighted by Gasteiger charge is 2.51. The van der Waals surface area contributed by atoms with Gasteiger partial charge in [-0.2, -0.15) is 0 Å². The van der Waals surface area contributed by atoms with Crippen LogP contribution in [-0.2, 0) is 4.79 Å². The third-order valence-electron chi connectivity index (χ3n) is 6.80. The molecule has 4 fully saturated rings. The highest BCUT2D eigenvalue weighted by Crippen LogP contribution is 2.55. The Balaban J connectivity index is 1.35. The summed E-state index contributed by atoms with van der Waals surface area (Å²) in [5, 5.41) is 3.86. The van der Waals surface area contributed by atoms with E-state index in [0.29, 0.717) is 16.5 Å². The predicted molar refractivity (Wildman–Crippen MR) is 105 cm³/mol. The van der Waals surface area contributed by atoms with Crippen molar-refractivity contribution in [3.05, 3.63) is 51.9 Å². The monoisotopic (exact) mass is 363 g/mol. The van der Waals surface area contributed by atoms with Crippen molar-refractivity contribution in [1.29, 1.82) is 0 Å². The molecule has 4 aliphatic rings. The molecule has 0 spiro atoms. The smallest absolute Gasteiger partial charge is 0.244 e. The van der Waals surface area contributed by atoms with E-state index in [1.54, 1.807) is 12.1 Å². The summed E-state index contributed by atoms with van der Waals surface area (Å²) in [5.41, 5.74) is 1.88. The summed E-state index contributed by atoms with van der Waals surface area (Å²) in [4.78, 5) is 25.3. The summed E-state index contributed by atoms with van der Waals surface area (Å²) in [5.74, 6) is 2.27. The molecule has 4 nitrogen and oxygen atoms in total. The quantitative estimate of drug-likeness (QED) is 0.832. The maximum Gasteiger partial charge on any atom is 0.244 e. The van der Waals surface area contributed by atoms with E-state index in [1.165, 1.54) is 31.6 Å². The lowest BCUT2D eigenvalue weighted by atomic mass is 9.53. The highest BCUT2D eigenvalue weighted by molar-refractivity contribution is 5.92. The molecule has 1 N–H and O–H groups in total. The van der Waals surface area contributed by atoms with Crippen molar-refractivity contribution in [1.82, 2.24) is 5.32 Å². The SMILES string of the molecule is Cc1ccc2occ(/C=C/C(=O)NC34CC5CC(CC(C5)C3)C4)c(=O)c2c1. The molecule has 0 aliphatic heterocycles. The molecule has 1 heterocycles. The van der Waals surface area contributed by atoms with Gasteiger partial charge in [0.05, 0.1) is 10.9 Å². The van der Waals surface area contributed by atoms with Crippen LogP contribution in [0.5, 0.6) is 0 Å². The summed E-state index contributed by atoms with van der Waals surface area (Å²) in [6.07, 6.45) is 11.9. The molecule has 1 amide bonds. The van der Waals surface area contributed by atoms with E-state index < -0.39 is 0 Å². The van der Waals surface area contributed by atoms with Crippen LogP contribution in [0.4, 0.5) is 0 Å². The van der Waals surface area contributed by atoms with Crippen LogP contribution in [0.1, 0.15) is 49.7 Å². The Kier molecular flexibility index (Phi) is 3.78. The number of carbonyl (C=O) groups is 1. The Hall–Kier alpha value is -2.36. The van der Waals surface area contributed by atoms with Gasteiger partial charge in [-0.25, -0.2) is 0 Å². The van der Waals surface area contributed by atoms with Gasteiger partial charge in [-0.15, -0.1) is 0 Å². The van der Waals surface area contributed by atoms with Crippen LogP contribution in [0.25, 0.3) is 17.0 Å². The Morgan fingerprint density at radius 2 is 1.81 bits per heavy atom. The highest BCUT2D eigenvalue weighted by atomic mass is 16.3. The molecule has 1 aromatic carbocycles. The Morgan fingerprint density at radius 3 is 2.48 bits per heavy atom. The fourth-order valence-corrected chi connectivity index (χ4v) is 6.11. The van der Waals surface area contributed by atoms with Crippen LogP contribution in [-0.4, -0.2) is 11.4 Å². The molecule has 4 saturated carbocycles. The van der Waals surface area contributed by atoms with E-state index in [0.717, 1.165) is 42.6 Å². The summed E-state index contributed by atoms with van der Waals surface area (Å²) in [7, 11) is 0. The third kappa shape index (κ3) is 3.01. The van der Waals surface area contributed by atoms with E-state index in [-0.39, 0.29) is 16.9 Å². The summed E-state index contributed by atoms with van der Waals surface area (Å²) >= 11 is 0. The average Bonchev–Trinajstić information content (AvgIpc) is 2.60. The number of carbonyl (C=O) groups excluding carboxylic acids is 1. The number of nitrogens with one attached hydrogen (secondary N) is 1. The Morgan fingerprint density at radius 1 is 1.15 bits per heavy atom. The molecule has 0 atom stereocenters. The van der Waals surface area contributed by atoms with E-state index in [4.69, 9.17) is 4.42 Å². The number of amides is 1. The second kappa shape index (κ2) is 6.08. The van der Waals surface area contributed by atoms with Crippen LogP contribution in [0, 0.1) is 24.7 Å². The predicted octanol–water partition coefficient (Wildman–Crippen LogP) is 4.20. The lowest BCUT2D eigenvalue weighted by molar-refractivity contribution is -0.122. The zero-order valence-corrected chi connectivity index (χ0v) is 15.7. The Bertz CT molecular complexity index is 965. The number of rotatable bonds is 3. The van der Waals surface area contributed by atoms with Gasteiger partial charge in [-0.05, 0) is 81.4 Å². The van der Waals surface area contributed by atoms with Crippen molar-refractivity contribution in [2.75, 3.05) is 0 Å². The molecule has 4 heteroatoms. The first-order chi connectivity index (χ1) is 13.0. The van der Waals surface area contributed by atoms with Gasteiger partial charge >= 0.3 is 0 Å². The Labute approximate surface area is 158 Å². The molecule has 4 aliphatic carbocycles. The van der Waals surface area contributed by atoms with Gasteiger partial charge in [-0.3, -0.25) is 9.59 Å². The molecule has 140 valence electrons. The van der Waals surface area contributed by atoms with Crippen molar-refractivity contribution >= 4 is 23.0 Å². The van der Waals surface area contributed by atoms with Crippen molar-refractivity contribution in [2.45, 2.75) is 51.0 Å². The standard InChI is InChI=1S/C23H25NO3/c1-14-2-4-20-19(6-14)22(26)18(13-27-20)3-5-21(25)24-23-10-15-7-16(11-23)9-17(8-15)12-23/h2-6,13,15-17H,7-12H2,1H3,(H,24,25)/b5-3+. The van der Waals surface area contributed by atoms with Gasteiger partial charge in [0.1, 0.15) is 11.8 Å². The van der Waals surface area contributed by atoms with Gasteiger partial charge in [0.2, 0.25) is 5.91 Å². The van der Waals surface area contributed by atoms with Crippen LogP contribution in [0.2, 0.25) is 0 Å². The first kappa shape index (κ1) is 16.8. The van der Waals surface area contributed by atoms with Crippen molar-refractivity contribution in [3.63, 3.8) is 0 Å². The molecule has 4 bridgehead atoms. The second-order valence-corrected chi connectivity index (χ2v) is 9.04. The summed E-state index contributed by atoms with van der Waals surface area (Å²) in [6.45, 7) is 1.94. The van der Waals surface area contributed by atoms with E-state index in [9.17, 15) is 9.59 Å².